The van der Waals surface area contributed by atoms with E-state index in [2.05, 4.69) is 6.92 Å². The van der Waals surface area contributed by atoms with Crippen molar-refractivity contribution < 1.29 is 9.84 Å². The molecule has 1 aromatic rings. The molecule has 3 heteroatoms. The lowest BCUT2D eigenvalue weighted by Crippen LogP contribution is -2.21. The van der Waals surface area contributed by atoms with E-state index < -0.39 is 6.10 Å². The summed E-state index contributed by atoms with van der Waals surface area (Å²) < 4.78 is 5.22. The van der Waals surface area contributed by atoms with E-state index in [-0.39, 0.29) is 0 Å². The maximum atomic E-state index is 10.6. The van der Waals surface area contributed by atoms with Gasteiger partial charge in [-0.3, -0.25) is 0 Å². The molecule has 1 aliphatic carbocycles. The van der Waals surface area contributed by atoms with E-state index in [4.69, 9.17) is 16.3 Å². The quantitative estimate of drug-likeness (QED) is 0.875. The first-order valence-corrected chi connectivity index (χ1v) is 7.55. The lowest BCUT2D eigenvalue weighted by atomic mass is 9.76. The third-order valence-corrected chi connectivity index (χ3v) is 4.68. The Hall–Kier alpha value is -0.730. The summed E-state index contributed by atoms with van der Waals surface area (Å²) in [5, 5.41) is 11.2. The van der Waals surface area contributed by atoms with E-state index in [1.54, 1.807) is 13.2 Å². The van der Waals surface area contributed by atoms with Crippen LogP contribution in [0.25, 0.3) is 0 Å². The molecule has 0 radical (unpaired) electrons. The Morgan fingerprint density at radius 2 is 2.21 bits per heavy atom. The van der Waals surface area contributed by atoms with Crippen molar-refractivity contribution in [2.75, 3.05) is 7.11 Å². The predicted octanol–water partition coefficient (Wildman–Crippen LogP) is 4.60. The van der Waals surface area contributed by atoms with Gasteiger partial charge in [0.1, 0.15) is 5.75 Å². The molecule has 106 valence electrons. The number of aliphatic hydroxyl groups excluding tert-OH is 1. The molecule has 19 heavy (non-hydrogen) atoms. The molecule has 0 aromatic heterocycles. The van der Waals surface area contributed by atoms with Crippen LogP contribution in [0.4, 0.5) is 0 Å². The Balaban J connectivity index is 2.12. The molecule has 3 atom stereocenters. The molecule has 0 heterocycles. The van der Waals surface area contributed by atoms with Crippen molar-refractivity contribution in [2.24, 2.45) is 11.8 Å². The van der Waals surface area contributed by atoms with E-state index >= 15 is 0 Å². The lowest BCUT2D eigenvalue weighted by molar-refractivity contribution is 0.0676. The molecule has 0 spiro atoms. The van der Waals surface area contributed by atoms with Crippen molar-refractivity contribution in [3.05, 3.63) is 28.8 Å². The summed E-state index contributed by atoms with van der Waals surface area (Å²) in [7, 11) is 1.60. The number of methoxy groups -OCH3 is 1. The average Bonchev–Trinajstić information content (AvgIpc) is 2.47. The van der Waals surface area contributed by atoms with Gasteiger partial charge in [0.15, 0.2) is 0 Å². The Morgan fingerprint density at radius 3 is 2.89 bits per heavy atom. The highest BCUT2D eigenvalue weighted by Gasteiger charge is 2.27. The molecule has 1 aliphatic rings. The summed E-state index contributed by atoms with van der Waals surface area (Å²) in [6, 6.07) is 5.58. The zero-order valence-electron chi connectivity index (χ0n) is 11.7. The van der Waals surface area contributed by atoms with Gasteiger partial charge in [0, 0.05) is 0 Å². The molecule has 1 N–H and O–H groups in total. The molecular weight excluding hydrogens is 260 g/mol. The van der Waals surface area contributed by atoms with Gasteiger partial charge in [0.05, 0.1) is 18.2 Å². The van der Waals surface area contributed by atoms with E-state index in [0.717, 1.165) is 24.3 Å². The molecule has 0 aliphatic heterocycles. The van der Waals surface area contributed by atoms with Crippen molar-refractivity contribution >= 4 is 11.6 Å². The maximum absolute atomic E-state index is 10.6. The fraction of sp³-hybridized carbons (Fsp3) is 0.625. The zero-order valence-corrected chi connectivity index (χ0v) is 12.5. The second-order valence-corrected chi connectivity index (χ2v) is 5.95. The third kappa shape index (κ3) is 3.43. The summed E-state index contributed by atoms with van der Waals surface area (Å²) >= 11 is 6.03. The minimum Gasteiger partial charge on any atom is -0.495 e. The number of benzene rings is 1. The number of hydrogen-bond acceptors (Lipinski definition) is 2. The Morgan fingerprint density at radius 1 is 1.42 bits per heavy atom. The van der Waals surface area contributed by atoms with E-state index in [1.807, 2.05) is 12.1 Å². The molecule has 3 unspecified atom stereocenters. The SMILES string of the molecule is CCC1CCCC(C(O)c2ccc(Cl)c(OC)c2)C1. The van der Waals surface area contributed by atoms with Crippen LogP contribution in [0.5, 0.6) is 5.75 Å². The minimum atomic E-state index is -0.402. The highest BCUT2D eigenvalue weighted by molar-refractivity contribution is 6.32. The smallest absolute Gasteiger partial charge is 0.137 e. The summed E-state index contributed by atoms with van der Waals surface area (Å²) in [5.41, 5.74) is 0.919. The fourth-order valence-electron chi connectivity index (χ4n) is 3.12. The first-order chi connectivity index (χ1) is 9.15. The van der Waals surface area contributed by atoms with Gasteiger partial charge in [0.25, 0.3) is 0 Å². The second-order valence-electron chi connectivity index (χ2n) is 5.54. The standard InChI is InChI=1S/C16H23ClO2/c1-3-11-5-4-6-12(9-11)16(18)13-7-8-14(17)15(10-13)19-2/h7-8,10-12,16,18H,3-6,9H2,1-2H3. The predicted molar refractivity (Wildman–Crippen MR) is 78.7 cm³/mol. The van der Waals surface area contributed by atoms with Crippen molar-refractivity contribution in [1.29, 1.82) is 0 Å². The van der Waals surface area contributed by atoms with E-state index in [0.29, 0.717) is 16.7 Å². The summed E-state index contributed by atoms with van der Waals surface area (Å²) in [4.78, 5) is 0. The van der Waals surface area contributed by atoms with Crippen LogP contribution in [0, 0.1) is 11.8 Å². The van der Waals surface area contributed by atoms with Crippen molar-refractivity contribution in [3.8, 4) is 5.75 Å². The largest absolute Gasteiger partial charge is 0.495 e. The normalized spacial score (nSPS) is 25.1. The van der Waals surface area contributed by atoms with Crippen molar-refractivity contribution in [3.63, 3.8) is 0 Å². The lowest BCUT2D eigenvalue weighted by Gasteiger charge is -2.32. The molecule has 0 bridgehead atoms. The van der Waals surface area contributed by atoms with E-state index in [1.165, 1.54) is 19.3 Å². The van der Waals surface area contributed by atoms with Gasteiger partial charge in [0.2, 0.25) is 0 Å². The molecule has 1 fully saturated rings. The van der Waals surface area contributed by atoms with Gasteiger partial charge in [-0.2, -0.15) is 0 Å². The summed E-state index contributed by atoms with van der Waals surface area (Å²) in [5.74, 6) is 1.77. The molecule has 0 saturated heterocycles. The Labute approximate surface area is 120 Å². The van der Waals surface area contributed by atoms with Gasteiger partial charge in [-0.15, -0.1) is 0 Å². The molecule has 1 aromatic carbocycles. The van der Waals surface area contributed by atoms with Gasteiger partial charge >= 0.3 is 0 Å². The molecule has 2 nitrogen and oxygen atoms in total. The van der Waals surface area contributed by atoms with E-state index in [9.17, 15) is 5.11 Å². The van der Waals surface area contributed by atoms with Gasteiger partial charge in [-0.1, -0.05) is 43.9 Å². The third-order valence-electron chi connectivity index (χ3n) is 4.36. The van der Waals surface area contributed by atoms with Crippen LogP contribution in [-0.2, 0) is 0 Å². The Kier molecular flexibility index (Phi) is 5.12. The first kappa shape index (κ1) is 14.7. The van der Waals surface area contributed by atoms with Gasteiger partial charge < -0.3 is 9.84 Å². The second kappa shape index (κ2) is 6.62. The summed E-state index contributed by atoms with van der Waals surface area (Å²) in [6.07, 6.45) is 5.59. The first-order valence-electron chi connectivity index (χ1n) is 7.17. The maximum Gasteiger partial charge on any atom is 0.137 e. The number of ether oxygens (including phenoxy) is 1. The topological polar surface area (TPSA) is 29.5 Å². The Bertz CT molecular complexity index is 419. The van der Waals surface area contributed by atoms with Crippen molar-refractivity contribution in [1.82, 2.24) is 0 Å². The number of rotatable bonds is 4. The van der Waals surface area contributed by atoms with Crippen LogP contribution >= 0.6 is 11.6 Å². The molecule has 1 saturated carbocycles. The number of hydrogen-bond donors (Lipinski definition) is 1. The zero-order chi connectivity index (χ0) is 13.8. The number of halogens is 1. The van der Waals surface area contributed by atoms with Gasteiger partial charge in [-0.05, 0) is 42.4 Å². The van der Waals surface area contributed by atoms with Crippen molar-refractivity contribution in [2.45, 2.75) is 45.1 Å². The van der Waals surface area contributed by atoms with Crippen LogP contribution in [0.3, 0.4) is 0 Å². The fourth-order valence-corrected chi connectivity index (χ4v) is 3.32. The highest BCUT2D eigenvalue weighted by Crippen LogP contribution is 2.39. The van der Waals surface area contributed by atoms with Crippen LogP contribution in [0.15, 0.2) is 18.2 Å². The summed E-state index contributed by atoms with van der Waals surface area (Å²) in [6.45, 7) is 2.24. The average molecular weight is 283 g/mol. The monoisotopic (exact) mass is 282 g/mol. The van der Waals surface area contributed by atoms with Gasteiger partial charge in [-0.25, -0.2) is 0 Å². The van der Waals surface area contributed by atoms with Crippen LogP contribution in [-0.4, -0.2) is 12.2 Å². The van der Waals surface area contributed by atoms with Crippen LogP contribution in [0.1, 0.15) is 50.7 Å². The molecular formula is C16H23ClO2. The molecule has 0 amide bonds. The van der Waals surface area contributed by atoms with Crippen LogP contribution < -0.4 is 4.74 Å². The molecule has 2 rings (SSSR count). The minimum absolute atomic E-state index is 0.365. The highest BCUT2D eigenvalue weighted by atomic mass is 35.5. The van der Waals surface area contributed by atoms with Crippen LogP contribution in [0.2, 0.25) is 5.02 Å². The number of aliphatic hydroxyl groups is 1.